The van der Waals surface area contributed by atoms with E-state index in [-0.39, 0.29) is 5.75 Å². The van der Waals surface area contributed by atoms with Crippen molar-refractivity contribution >= 4 is 34.9 Å². The smallest absolute Gasteiger partial charge is 0.303 e. The molecule has 0 aromatic heterocycles. The first kappa shape index (κ1) is 18.9. The van der Waals surface area contributed by atoms with Gasteiger partial charge in [-0.3, -0.25) is 4.79 Å². The summed E-state index contributed by atoms with van der Waals surface area (Å²) in [5, 5.41) is 17.0. The van der Waals surface area contributed by atoms with Crippen LogP contribution >= 0.6 is 23.2 Å². The zero-order valence-electron chi connectivity index (χ0n) is 11.6. The molecular formula is C14H21Cl2NO3. The zero-order chi connectivity index (χ0) is 15.4. The summed E-state index contributed by atoms with van der Waals surface area (Å²) in [5.41, 5.74) is 1.03. The molecule has 0 aliphatic heterocycles. The summed E-state index contributed by atoms with van der Waals surface area (Å²) in [7, 11) is 0. The maximum atomic E-state index is 9.60. The van der Waals surface area contributed by atoms with Crippen LogP contribution in [0.25, 0.3) is 0 Å². The molecule has 0 heterocycles. The monoisotopic (exact) mass is 321 g/mol. The number of phenolic OH excluding ortho intramolecular Hbond substituents is 1. The summed E-state index contributed by atoms with van der Waals surface area (Å²) < 4.78 is 0. The second-order valence-electron chi connectivity index (χ2n) is 4.03. The summed E-state index contributed by atoms with van der Waals surface area (Å²) in [6.45, 7) is 3.37. The third-order valence-corrected chi connectivity index (χ3v) is 2.73. The molecule has 0 radical (unpaired) electrons. The number of nitrogens with zero attached hydrogens (tertiary/aromatic N) is 1. The first-order chi connectivity index (χ1) is 9.54. The molecule has 20 heavy (non-hydrogen) atoms. The van der Waals surface area contributed by atoms with Crippen LogP contribution in [0.1, 0.15) is 19.8 Å². The number of alkyl halides is 2. The molecule has 0 bridgehead atoms. The van der Waals surface area contributed by atoms with E-state index in [0.29, 0.717) is 18.2 Å². The molecule has 0 spiro atoms. The van der Waals surface area contributed by atoms with Gasteiger partial charge in [0.05, 0.1) is 0 Å². The van der Waals surface area contributed by atoms with E-state index in [1.807, 2.05) is 19.1 Å². The van der Waals surface area contributed by atoms with Gasteiger partial charge in [0.25, 0.3) is 0 Å². The second kappa shape index (κ2) is 11.7. The highest BCUT2D eigenvalue weighted by Gasteiger charge is 2.04. The number of aromatic hydroxyl groups is 1. The standard InChI is InChI=1S/C10H13Cl2NO.C4H8O2/c11-5-7-13(8-6-12)9-1-3-10(14)4-2-9;1-2-3-4(5)6/h1-4,14H,5-8H2;2-3H2,1H3,(H,5,6). The molecule has 0 saturated heterocycles. The first-order valence-corrected chi connectivity index (χ1v) is 7.49. The van der Waals surface area contributed by atoms with Crippen LogP contribution in [0, 0.1) is 0 Å². The van der Waals surface area contributed by atoms with Gasteiger partial charge in [0.1, 0.15) is 5.75 Å². The van der Waals surface area contributed by atoms with Crippen LogP contribution in [0.2, 0.25) is 0 Å². The number of halogens is 2. The fourth-order valence-corrected chi connectivity index (χ4v) is 1.86. The Labute approximate surface area is 129 Å². The van der Waals surface area contributed by atoms with Crippen molar-refractivity contribution in [2.45, 2.75) is 19.8 Å². The topological polar surface area (TPSA) is 60.8 Å². The lowest BCUT2D eigenvalue weighted by Gasteiger charge is -2.22. The lowest BCUT2D eigenvalue weighted by Crippen LogP contribution is -2.27. The van der Waals surface area contributed by atoms with Crippen molar-refractivity contribution in [1.29, 1.82) is 0 Å². The minimum atomic E-state index is -0.711. The Balaban J connectivity index is 0.000000511. The summed E-state index contributed by atoms with van der Waals surface area (Å²) >= 11 is 11.4. The summed E-state index contributed by atoms with van der Waals surface area (Å²) in [6.07, 6.45) is 1.02. The number of aliphatic carboxylic acids is 1. The van der Waals surface area contributed by atoms with Crippen LogP contribution in [-0.4, -0.2) is 41.0 Å². The largest absolute Gasteiger partial charge is 0.508 e. The van der Waals surface area contributed by atoms with Gasteiger partial charge < -0.3 is 15.1 Å². The third-order valence-electron chi connectivity index (χ3n) is 2.39. The van der Waals surface area contributed by atoms with Crippen LogP contribution in [0.5, 0.6) is 5.75 Å². The average molecular weight is 322 g/mol. The van der Waals surface area contributed by atoms with Crippen LogP contribution < -0.4 is 4.90 Å². The molecule has 0 saturated carbocycles. The molecule has 0 aliphatic rings. The SMILES string of the molecule is CCCC(=O)O.Oc1ccc(N(CCCl)CCCl)cc1. The predicted molar refractivity (Wildman–Crippen MR) is 84.3 cm³/mol. The molecule has 0 amide bonds. The van der Waals surface area contributed by atoms with Crippen LogP contribution in [-0.2, 0) is 4.79 Å². The van der Waals surface area contributed by atoms with E-state index in [9.17, 15) is 4.79 Å². The van der Waals surface area contributed by atoms with E-state index in [1.54, 1.807) is 12.1 Å². The molecule has 0 unspecified atom stereocenters. The van der Waals surface area contributed by atoms with Crippen LogP contribution in [0.15, 0.2) is 24.3 Å². The Hall–Kier alpha value is -1.13. The van der Waals surface area contributed by atoms with Crippen LogP contribution in [0.3, 0.4) is 0 Å². The Kier molecular flexibility index (Phi) is 11.0. The zero-order valence-corrected chi connectivity index (χ0v) is 13.1. The van der Waals surface area contributed by atoms with Crippen molar-refractivity contribution in [2.24, 2.45) is 0 Å². The van der Waals surface area contributed by atoms with Gasteiger partial charge in [0.2, 0.25) is 0 Å². The number of carboxylic acids is 1. The predicted octanol–water partition coefficient (Wildman–Crippen LogP) is 3.55. The van der Waals surface area contributed by atoms with Gasteiger partial charge in [-0.05, 0) is 30.7 Å². The molecule has 0 aliphatic carbocycles. The molecule has 4 nitrogen and oxygen atoms in total. The average Bonchev–Trinajstić information content (AvgIpc) is 2.40. The molecule has 0 fully saturated rings. The van der Waals surface area contributed by atoms with Gasteiger partial charge in [0, 0.05) is 37.0 Å². The summed E-state index contributed by atoms with van der Waals surface area (Å²) in [5.74, 6) is 0.693. The van der Waals surface area contributed by atoms with Crippen molar-refractivity contribution < 1.29 is 15.0 Å². The van der Waals surface area contributed by atoms with Crippen molar-refractivity contribution in [3.05, 3.63) is 24.3 Å². The van der Waals surface area contributed by atoms with Gasteiger partial charge >= 0.3 is 5.97 Å². The van der Waals surface area contributed by atoms with E-state index < -0.39 is 5.97 Å². The third kappa shape index (κ3) is 8.88. The normalized spacial score (nSPS) is 9.55. The minimum absolute atomic E-state index is 0.269. The van der Waals surface area contributed by atoms with Crippen molar-refractivity contribution in [2.75, 3.05) is 29.7 Å². The van der Waals surface area contributed by atoms with Crippen LogP contribution in [0.4, 0.5) is 5.69 Å². The minimum Gasteiger partial charge on any atom is -0.508 e. The summed E-state index contributed by atoms with van der Waals surface area (Å²) in [6, 6.07) is 7.03. The highest BCUT2D eigenvalue weighted by atomic mass is 35.5. The number of hydrogen-bond acceptors (Lipinski definition) is 3. The quantitative estimate of drug-likeness (QED) is 0.754. The lowest BCUT2D eigenvalue weighted by atomic mass is 10.2. The molecule has 1 aromatic carbocycles. The van der Waals surface area contributed by atoms with Crippen molar-refractivity contribution in [1.82, 2.24) is 0 Å². The Morgan fingerprint density at radius 3 is 1.95 bits per heavy atom. The number of hydrogen-bond donors (Lipinski definition) is 2. The molecule has 0 atom stereocenters. The Morgan fingerprint density at radius 1 is 1.15 bits per heavy atom. The number of carbonyl (C=O) groups is 1. The summed E-state index contributed by atoms with van der Waals surface area (Å²) in [4.78, 5) is 11.7. The molecule has 114 valence electrons. The first-order valence-electron chi connectivity index (χ1n) is 6.42. The fourth-order valence-electron chi connectivity index (χ4n) is 1.45. The maximum absolute atomic E-state index is 9.60. The molecule has 6 heteroatoms. The number of anilines is 1. The molecule has 2 N–H and O–H groups in total. The van der Waals surface area contributed by atoms with Gasteiger partial charge in [-0.2, -0.15) is 0 Å². The van der Waals surface area contributed by atoms with Gasteiger partial charge in [-0.25, -0.2) is 0 Å². The van der Waals surface area contributed by atoms with E-state index in [2.05, 4.69) is 4.90 Å². The molecular weight excluding hydrogens is 301 g/mol. The highest BCUT2D eigenvalue weighted by molar-refractivity contribution is 6.18. The van der Waals surface area contributed by atoms with Gasteiger partial charge in [0.15, 0.2) is 0 Å². The number of carboxylic acid groups (broad SMARTS) is 1. The number of phenols is 1. The molecule has 1 aromatic rings. The number of benzene rings is 1. The van der Waals surface area contributed by atoms with Crippen molar-refractivity contribution in [3.8, 4) is 5.75 Å². The van der Waals surface area contributed by atoms with E-state index in [1.165, 1.54) is 0 Å². The van der Waals surface area contributed by atoms with E-state index in [0.717, 1.165) is 25.2 Å². The second-order valence-corrected chi connectivity index (χ2v) is 4.78. The molecule has 1 rings (SSSR count). The van der Waals surface area contributed by atoms with Gasteiger partial charge in [-0.15, -0.1) is 23.2 Å². The van der Waals surface area contributed by atoms with Crippen molar-refractivity contribution in [3.63, 3.8) is 0 Å². The fraction of sp³-hybridized carbons (Fsp3) is 0.500. The Morgan fingerprint density at radius 2 is 1.65 bits per heavy atom. The Bertz CT molecular complexity index is 365. The highest BCUT2D eigenvalue weighted by Crippen LogP contribution is 2.18. The van der Waals surface area contributed by atoms with E-state index >= 15 is 0 Å². The lowest BCUT2D eigenvalue weighted by molar-refractivity contribution is -0.137. The maximum Gasteiger partial charge on any atom is 0.303 e. The number of rotatable bonds is 7. The van der Waals surface area contributed by atoms with E-state index in [4.69, 9.17) is 33.4 Å². The van der Waals surface area contributed by atoms with Gasteiger partial charge in [-0.1, -0.05) is 6.92 Å².